The molecule has 0 unspecified atom stereocenters. The number of carbonyl (C=O) groups is 1. The summed E-state index contributed by atoms with van der Waals surface area (Å²) < 4.78 is 28.0. The highest BCUT2D eigenvalue weighted by Gasteiger charge is 2.14. The number of primary sulfonamides is 1. The summed E-state index contributed by atoms with van der Waals surface area (Å²) in [7, 11) is -2.43. The van der Waals surface area contributed by atoms with Crippen LogP contribution in [0.5, 0.6) is 5.75 Å². The summed E-state index contributed by atoms with van der Waals surface area (Å²) in [5.74, 6) is 0.0831. The zero-order valence-corrected chi connectivity index (χ0v) is 13.7. The van der Waals surface area contributed by atoms with Gasteiger partial charge in [0.2, 0.25) is 15.9 Å². The van der Waals surface area contributed by atoms with Gasteiger partial charge in [-0.15, -0.1) is 0 Å². The molecule has 0 heterocycles. The lowest BCUT2D eigenvalue weighted by molar-refractivity contribution is -0.115. The van der Waals surface area contributed by atoms with E-state index in [-0.39, 0.29) is 22.9 Å². The van der Waals surface area contributed by atoms with Gasteiger partial charge in [-0.1, -0.05) is 24.3 Å². The molecule has 1 amide bonds. The molecule has 0 bridgehead atoms. The fraction of sp³-hybridized carbons (Fsp3) is 0.188. The van der Waals surface area contributed by atoms with Gasteiger partial charge in [-0.2, -0.15) is 0 Å². The number of anilines is 1. The van der Waals surface area contributed by atoms with E-state index in [1.165, 1.54) is 25.3 Å². The number of hydrogen-bond acceptors (Lipinski definition) is 4. The molecule has 0 aromatic heterocycles. The van der Waals surface area contributed by atoms with E-state index in [2.05, 4.69) is 5.32 Å². The fourth-order valence-corrected chi connectivity index (χ4v) is 2.68. The first-order valence-corrected chi connectivity index (χ1v) is 8.41. The van der Waals surface area contributed by atoms with E-state index in [0.29, 0.717) is 5.75 Å². The molecule has 0 aliphatic carbocycles. The molecule has 7 heteroatoms. The van der Waals surface area contributed by atoms with Crippen LogP contribution in [-0.2, 0) is 21.2 Å². The molecule has 0 aliphatic rings. The maximum Gasteiger partial charge on any atom is 0.238 e. The SMILES string of the molecule is COc1ccc(S(N)(=O)=O)cc1NC(=O)Cc1ccccc1C. The summed E-state index contributed by atoms with van der Waals surface area (Å²) >= 11 is 0. The number of benzene rings is 2. The Balaban J connectivity index is 2.24. The highest BCUT2D eigenvalue weighted by atomic mass is 32.2. The summed E-state index contributed by atoms with van der Waals surface area (Å²) in [5, 5.41) is 7.78. The highest BCUT2D eigenvalue weighted by Crippen LogP contribution is 2.27. The van der Waals surface area contributed by atoms with Crippen LogP contribution in [0.15, 0.2) is 47.4 Å². The van der Waals surface area contributed by atoms with Gasteiger partial charge in [-0.3, -0.25) is 4.79 Å². The van der Waals surface area contributed by atoms with Crippen LogP contribution in [0.3, 0.4) is 0 Å². The first kappa shape index (κ1) is 17.0. The van der Waals surface area contributed by atoms with E-state index in [4.69, 9.17) is 9.88 Å². The summed E-state index contributed by atoms with van der Waals surface area (Å²) in [6.07, 6.45) is 0.176. The standard InChI is InChI=1S/C16H18N2O4S/c1-11-5-3-4-6-12(11)9-16(19)18-14-10-13(23(17,20)21)7-8-15(14)22-2/h3-8,10H,9H2,1-2H3,(H,18,19)(H2,17,20,21). The number of nitrogens with one attached hydrogen (secondary N) is 1. The van der Waals surface area contributed by atoms with Crippen molar-refractivity contribution in [1.82, 2.24) is 0 Å². The van der Waals surface area contributed by atoms with Crippen LogP contribution >= 0.6 is 0 Å². The minimum absolute atomic E-state index is 0.0931. The first-order chi connectivity index (χ1) is 10.8. The van der Waals surface area contributed by atoms with Crippen LogP contribution in [-0.4, -0.2) is 21.4 Å². The topological polar surface area (TPSA) is 98.5 Å². The summed E-state index contributed by atoms with van der Waals surface area (Å²) in [6, 6.07) is 11.6. The summed E-state index contributed by atoms with van der Waals surface area (Å²) in [4.78, 5) is 12.1. The molecule has 0 saturated heterocycles. The summed E-state index contributed by atoms with van der Waals surface area (Å²) in [6.45, 7) is 1.92. The second-order valence-corrected chi connectivity index (χ2v) is 6.62. The molecule has 3 N–H and O–H groups in total. The average molecular weight is 334 g/mol. The number of amides is 1. The molecule has 122 valence electrons. The number of rotatable bonds is 5. The number of nitrogens with two attached hydrogens (primary N) is 1. The third-order valence-electron chi connectivity index (χ3n) is 3.39. The molecule has 0 aliphatic heterocycles. The molecule has 0 fully saturated rings. The van der Waals surface area contributed by atoms with Crippen molar-refractivity contribution >= 4 is 21.6 Å². The van der Waals surface area contributed by atoms with E-state index in [1.54, 1.807) is 0 Å². The molecule has 6 nitrogen and oxygen atoms in total. The van der Waals surface area contributed by atoms with E-state index < -0.39 is 10.0 Å². The maximum absolute atomic E-state index is 12.2. The third kappa shape index (κ3) is 4.30. The van der Waals surface area contributed by atoms with Crippen molar-refractivity contribution < 1.29 is 17.9 Å². The smallest absolute Gasteiger partial charge is 0.238 e. The number of ether oxygens (including phenoxy) is 1. The molecule has 0 atom stereocenters. The van der Waals surface area contributed by atoms with Gasteiger partial charge in [0.15, 0.2) is 0 Å². The van der Waals surface area contributed by atoms with Crippen molar-refractivity contribution in [3.8, 4) is 5.75 Å². The Morgan fingerprint density at radius 3 is 2.52 bits per heavy atom. The van der Waals surface area contributed by atoms with Gasteiger partial charge in [0.1, 0.15) is 5.75 Å². The van der Waals surface area contributed by atoms with E-state index in [1.807, 2.05) is 31.2 Å². The number of carbonyl (C=O) groups excluding carboxylic acids is 1. The Kier molecular flexibility index (Phi) is 5.02. The van der Waals surface area contributed by atoms with Gasteiger partial charge < -0.3 is 10.1 Å². The fourth-order valence-electron chi connectivity index (χ4n) is 2.14. The van der Waals surface area contributed by atoms with E-state index in [0.717, 1.165) is 11.1 Å². The van der Waals surface area contributed by atoms with Crippen molar-refractivity contribution in [2.45, 2.75) is 18.2 Å². The molecule has 2 aromatic rings. The van der Waals surface area contributed by atoms with Crippen LogP contribution in [0.25, 0.3) is 0 Å². The van der Waals surface area contributed by atoms with Crippen molar-refractivity contribution in [3.63, 3.8) is 0 Å². The predicted octanol–water partition coefficient (Wildman–Crippen LogP) is 1.83. The molecule has 0 spiro atoms. The monoisotopic (exact) mass is 334 g/mol. The van der Waals surface area contributed by atoms with Crippen molar-refractivity contribution in [1.29, 1.82) is 0 Å². The molecule has 2 rings (SSSR count). The number of methoxy groups -OCH3 is 1. The normalized spacial score (nSPS) is 11.1. The minimum atomic E-state index is -3.86. The number of sulfonamides is 1. The zero-order valence-electron chi connectivity index (χ0n) is 12.9. The number of hydrogen-bond donors (Lipinski definition) is 2. The number of aryl methyl sites for hydroxylation is 1. The Morgan fingerprint density at radius 2 is 1.91 bits per heavy atom. The lowest BCUT2D eigenvalue weighted by Gasteiger charge is -2.12. The average Bonchev–Trinajstić information content (AvgIpc) is 2.48. The highest BCUT2D eigenvalue weighted by molar-refractivity contribution is 7.89. The largest absolute Gasteiger partial charge is 0.495 e. The van der Waals surface area contributed by atoms with Crippen LogP contribution < -0.4 is 15.2 Å². The van der Waals surface area contributed by atoms with Crippen molar-refractivity contribution in [3.05, 3.63) is 53.6 Å². The van der Waals surface area contributed by atoms with Gasteiger partial charge in [-0.05, 0) is 36.2 Å². The maximum atomic E-state index is 12.2. The minimum Gasteiger partial charge on any atom is -0.495 e. The Labute approximate surface area is 135 Å². The van der Waals surface area contributed by atoms with Gasteiger partial charge in [0.25, 0.3) is 0 Å². The third-order valence-corrected chi connectivity index (χ3v) is 4.30. The lowest BCUT2D eigenvalue weighted by Crippen LogP contribution is -2.17. The van der Waals surface area contributed by atoms with Crippen LogP contribution in [0.2, 0.25) is 0 Å². The molecular formula is C16H18N2O4S. The van der Waals surface area contributed by atoms with E-state index in [9.17, 15) is 13.2 Å². The Bertz CT molecular complexity index is 832. The van der Waals surface area contributed by atoms with Crippen LogP contribution in [0, 0.1) is 6.92 Å². The lowest BCUT2D eigenvalue weighted by atomic mass is 10.1. The van der Waals surface area contributed by atoms with Crippen LogP contribution in [0.1, 0.15) is 11.1 Å². The Hall–Kier alpha value is -2.38. The molecule has 23 heavy (non-hydrogen) atoms. The molecule has 0 saturated carbocycles. The van der Waals surface area contributed by atoms with Crippen molar-refractivity contribution in [2.24, 2.45) is 5.14 Å². The molecular weight excluding hydrogens is 316 g/mol. The van der Waals surface area contributed by atoms with E-state index >= 15 is 0 Å². The second-order valence-electron chi connectivity index (χ2n) is 5.06. The molecule has 2 aromatic carbocycles. The zero-order chi connectivity index (χ0) is 17.0. The van der Waals surface area contributed by atoms with Gasteiger partial charge in [0, 0.05) is 0 Å². The summed E-state index contributed by atoms with van der Waals surface area (Å²) in [5.41, 5.74) is 2.16. The van der Waals surface area contributed by atoms with Gasteiger partial charge >= 0.3 is 0 Å². The van der Waals surface area contributed by atoms with Gasteiger partial charge in [0.05, 0.1) is 24.1 Å². The first-order valence-electron chi connectivity index (χ1n) is 6.86. The van der Waals surface area contributed by atoms with Crippen LogP contribution in [0.4, 0.5) is 5.69 Å². The Morgan fingerprint density at radius 1 is 1.22 bits per heavy atom. The van der Waals surface area contributed by atoms with Gasteiger partial charge in [-0.25, -0.2) is 13.6 Å². The quantitative estimate of drug-likeness (QED) is 0.871. The van der Waals surface area contributed by atoms with Crippen molar-refractivity contribution in [2.75, 3.05) is 12.4 Å². The second kappa shape index (κ2) is 6.80. The molecule has 0 radical (unpaired) electrons. The predicted molar refractivity (Wildman–Crippen MR) is 87.9 cm³/mol.